The molecule has 0 bridgehead atoms. The van der Waals surface area contributed by atoms with Crippen LogP contribution in [0.2, 0.25) is 0 Å². The molecule has 1 N–H and O–H groups in total. The fourth-order valence-corrected chi connectivity index (χ4v) is 4.07. The lowest BCUT2D eigenvalue weighted by molar-refractivity contribution is 0.102. The van der Waals surface area contributed by atoms with Crippen LogP contribution in [0.15, 0.2) is 60.7 Å². The lowest BCUT2D eigenvalue weighted by atomic mass is 10.1. The molecule has 7 nitrogen and oxygen atoms in total. The van der Waals surface area contributed by atoms with E-state index < -0.39 is 27.6 Å². The minimum atomic E-state index is -3.98. The standard InChI is InChI=1S/C23H22F2N2O5S/c1-31-21-12-18(23(28)26-17-9-6-8-16(24)11-17)20(13-22(21)32-2)27(33(3,29)30)14-15-7-4-5-10-19(15)25/h4-13H,14H2,1-3H3,(H,26,28). The number of anilines is 2. The van der Waals surface area contributed by atoms with Crippen molar-refractivity contribution in [1.82, 2.24) is 0 Å². The van der Waals surface area contributed by atoms with Crippen LogP contribution in [-0.2, 0) is 16.6 Å². The van der Waals surface area contributed by atoms with Crippen molar-refractivity contribution in [1.29, 1.82) is 0 Å². The molecule has 0 aliphatic rings. The van der Waals surface area contributed by atoms with E-state index in [1.807, 2.05) is 0 Å². The van der Waals surface area contributed by atoms with Crippen LogP contribution >= 0.6 is 0 Å². The zero-order valence-corrected chi connectivity index (χ0v) is 18.9. The maximum absolute atomic E-state index is 14.3. The fourth-order valence-electron chi connectivity index (χ4n) is 3.18. The molecular formula is C23H22F2N2O5S. The molecule has 1 amide bonds. The molecular weight excluding hydrogens is 454 g/mol. The number of benzene rings is 3. The third kappa shape index (κ3) is 5.58. The van der Waals surface area contributed by atoms with E-state index in [9.17, 15) is 22.0 Å². The highest BCUT2D eigenvalue weighted by molar-refractivity contribution is 7.92. The Morgan fingerprint density at radius 2 is 1.64 bits per heavy atom. The second-order valence-corrected chi connectivity index (χ2v) is 8.96. The smallest absolute Gasteiger partial charge is 0.257 e. The number of halogens is 2. The Kier molecular flexibility index (Phi) is 7.17. The Morgan fingerprint density at radius 3 is 2.24 bits per heavy atom. The highest BCUT2D eigenvalue weighted by Gasteiger charge is 2.27. The Balaban J connectivity index is 2.16. The molecule has 0 fully saturated rings. The van der Waals surface area contributed by atoms with Gasteiger partial charge < -0.3 is 14.8 Å². The normalized spacial score (nSPS) is 11.1. The van der Waals surface area contributed by atoms with E-state index in [0.717, 1.165) is 16.6 Å². The van der Waals surface area contributed by atoms with Gasteiger partial charge in [-0.3, -0.25) is 9.10 Å². The van der Waals surface area contributed by atoms with Gasteiger partial charge in [-0.25, -0.2) is 17.2 Å². The summed E-state index contributed by atoms with van der Waals surface area (Å²) >= 11 is 0. The first-order valence-corrected chi connectivity index (χ1v) is 11.5. The molecule has 0 spiro atoms. The van der Waals surface area contributed by atoms with Crippen molar-refractivity contribution in [2.24, 2.45) is 0 Å². The number of sulfonamides is 1. The predicted octanol–water partition coefficient (Wildman–Crippen LogP) is 4.20. The topological polar surface area (TPSA) is 84.9 Å². The summed E-state index contributed by atoms with van der Waals surface area (Å²) < 4.78 is 64.8. The van der Waals surface area contributed by atoms with Gasteiger partial charge in [0, 0.05) is 17.3 Å². The number of rotatable bonds is 8. The molecule has 0 unspecified atom stereocenters. The zero-order valence-electron chi connectivity index (χ0n) is 18.1. The molecule has 0 radical (unpaired) electrons. The average Bonchev–Trinajstić information content (AvgIpc) is 2.76. The van der Waals surface area contributed by atoms with Crippen LogP contribution < -0.4 is 19.1 Å². The maximum atomic E-state index is 14.3. The average molecular weight is 477 g/mol. The monoisotopic (exact) mass is 476 g/mol. The summed E-state index contributed by atoms with van der Waals surface area (Å²) in [6.45, 7) is -0.374. The minimum Gasteiger partial charge on any atom is -0.493 e. The summed E-state index contributed by atoms with van der Waals surface area (Å²) in [5.41, 5.74) is 0.112. The lowest BCUT2D eigenvalue weighted by Crippen LogP contribution is -2.32. The molecule has 33 heavy (non-hydrogen) atoms. The van der Waals surface area contributed by atoms with E-state index in [4.69, 9.17) is 9.47 Å². The van der Waals surface area contributed by atoms with Crippen LogP contribution in [0.1, 0.15) is 15.9 Å². The van der Waals surface area contributed by atoms with Crippen LogP contribution in [0.5, 0.6) is 11.5 Å². The van der Waals surface area contributed by atoms with Crippen molar-refractivity contribution in [3.63, 3.8) is 0 Å². The second-order valence-electron chi connectivity index (χ2n) is 7.05. The molecule has 0 heterocycles. The van der Waals surface area contributed by atoms with Gasteiger partial charge in [-0.2, -0.15) is 0 Å². The largest absolute Gasteiger partial charge is 0.493 e. The van der Waals surface area contributed by atoms with Gasteiger partial charge in [-0.1, -0.05) is 24.3 Å². The zero-order chi connectivity index (χ0) is 24.2. The fraction of sp³-hybridized carbons (Fsp3) is 0.174. The molecule has 0 saturated carbocycles. The van der Waals surface area contributed by atoms with Crippen LogP contribution in [0.3, 0.4) is 0 Å². The van der Waals surface area contributed by atoms with E-state index in [-0.39, 0.29) is 40.5 Å². The van der Waals surface area contributed by atoms with Gasteiger partial charge >= 0.3 is 0 Å². The molecule has 3 aromatic rings. The summed E-state index contributed by atoms with van der Waals surface area (Å²) in [6.07, 6.45) is 0.943. The Hall–Kier alpha value is -3.66. The van der Waals surface area contributed by atoms with Gasteiger partial charge in [-0.15, -0.1) is 0 Å². The summed E-state index contributed by atoms with van der Waals surface area (Å²) in [5.74, 6) is -1.55. The number of carbonyl (C=O) groups is 1. The third-order valence-corrected chi connectivity index (χ3v) is 5.90. The molecule has 174 valence electrons. The first-order valence-electron chi connectivity index (χ1n) is 9.68. The lowest BCUT2D eigenvalue weighted by Gasteiger charge is -2.26. The quantitative estimate of drug-likeness (QED) is 0.527. The van der Waals surface area contributed by atoms with Crippen LogP contribution in [-0.4, -0.2) is 34.8 Å². The number of ether oxygens (including phenoxy) is 2. The van der Waals surface area contributed by atoms with Crippen LogP contribution in [0.4, 0.5) is 20.2 Å². The van der Waals surface area contributed by atoms with Crippen LogP contribution in [0, 0.1) is 11.6 Å². The summed E-state index contributed by atoms with van der Waals surface area (Å²) in [7, 11) is -1.27. The van der Waals surface area contributed by atoms with E-state index in [1.54, 1.807) is 6.07 Å². The van der Waals surface area contributed by atoms with Gasteiger partial charge in [-0.05, 0) is 30.3 Å². The van der Waals surface area contributed by atoms with Gasteiger partial charge in [0.25, 0.3) is 5.91 Å². The number of methoxy groups -OCH3 is 2. The number of nitrogens with one attached hydrogen (secondary N) is 1. The van der Waals surface area contributed by atoms with Crippen molar-refractivity contribution in [2.75, 3.05) is 30.1 Å². The SMILES string of the molecule is COc1cc(C(=O)Nc2cccc(F)c2)c(N(Cc2ccccc2F)S(C)(=O)=O)cc1OC. The maximum Gasteiger partial charge on any atom is 0.257 e. The molecule has 3 rings (SSSR count). The highest BCUT2D eigenvalue weighted by Crippen LogP contribution is 2.37. The van der Waals surface area contributed by atoms with Crippen molar-refractivity contribution in [3.8, 4) is 11.5 Å². The first-order chi connectivity index (χ1) is 15.6. The number of nitrogens with zero attached hydrogens (tertiary/aromatic N) is 1. The summed E-state index contributed by atoms with van der Waals surface area (Å²) in [6, 6.07) is 13.6. The van der Waals surface area contributed by atoms with Gasteiger partial charge in [0.1, 0.15) is 11.6 Å². The Labute approximate surface area is 190 Å². The number of hydrogen-bond donors (Lipinski definition) is 1. The molecule has 0 aromatic heterocycles. The molecule has 0 saturated heterocycles. The minimum absolute atomic E-state index is 0.0627. The molecule has 0 atom stereocenters. The van der Waals surface area contributed by atoms with Crippen molar-refractivity contribution in [3.05, 3.63) is 83.4 Å². The van der Waals surface area contributed by atoms with E-state index in [2.05, 4.69) is 5.32 Å². The number of amides is 1. The summed E-state index contributed by atoms with van der Waals surface area (Å²) in [5, 5.41) is 2.54. The van der Waals surface area contributed by atoms with E-state index >= 15 is 0 Å². The summed E-state index contributed by atoms with van der Waals surface area (Å²) in [4.78, 5) is 13.1. The van der Waals surface area contributed by atoms with Crippen LogP contribution in [0.25, 0.3) is 0 Å². The van der Waals surface area contributed by atoms with Gasteiger partial charge in [0.2, 0.25) is 10.0 Å². The molecule has 0 aliphatic heterocycles. The van der Waals surface area contributed by atoms with Crippen molar-refractivity contribution < 1.29 is 31.5 Å². The number of carbonyl (C=O) groups excluding carboxylic acids is 1. The van der Waals surface area contributed by atoms with Crippen molar-refractivity contribution >= 4 is 27.3 Å². The number of hydrogen-bond acceptors (Lipinski definition) is 5. The van der Waals surface area contributed by atoms with E-state index in [0.29, 0.717) is 0 Å². The Bertz CT molecular complexity index is 1280. The molecule has 10 heteroatoms. The first kappa shape index (κ1) is 24.0. The second kappa shape index (κ2) is 9.86. The van der Waals surface area contributed by atoms with E-state index in [1.165, 1.54) is 62.8 Å². The molecule has 3 aromatic carbocycles. The van der Waals surface area contributed by atoms with Crippen molar-refractivity contribution in [2.45, 2.75) is 6.54 Å². The highest BCUT2D eigenvalue weighted by atomic mass is 32.2. The van der Waals surface area contributed by atoms with Gasteiger partial charge in [0.05, 0.1) is 38.3 Å². The molecule has 0 aliphatic carbocycles. The third-order valence-electron chi connectivity index (χ3n) is 4.77. The predicted molar refractivity (Wildman–Crippen MR) is 121 cm³/mol. The van der Waals surface area contributed by atoms with Gasteiger partial charge in [0.15, 0.2) is 11.5 Å². The Morgan fingerprint density at radius 1 is 0.970 bits per heavy atom.